The Labute approximate surface area is 188 Å². The zero-order chi connectivity index (χ0) is 22.7. The summed E-state index contributed by atoms with van der Waals surface area (Å²) in [6.07, 6.45) is 4.65. The number of ether oxygens (including phenoxy) is 1. The summed E-state index contributed by atoms with van der Waals surface area (Å²) in [4.78, 5) is 31.8. The summed E-state index contributed by atoms with van der Waals surface area (Å²) in [5.41, 5.74) is 2.08. The Kier molecular flexibility index (Phi) is 6.89. The molecule has 3 heterocycles. The number of halogens is 1. The number of likely N-dealkylation sites (tertiary alicyclic amines) is 1. The van der Waals surface area contributed by atoms with E-state index in [2.05, 4.69) is 24.1 Å². The Bertz CT molecular complexity index is 947. The molecule has 0 spiro atoms. The van der Waals surface area contributed by atoms with Crippen molar-refractivity contribution >= 4 is 11.8 Å². The van der Waals surface area contributed by atoms with Crippen LogP contribution in [0.15, 0.2) is 30.6 Å². The number of carbonyl (C=O) groups is 2. The van der Waals surface area contributed by atoms with Crippen molar-refractivity contribution in [3.05, 3.63) is 53.4 Å². The summed E-state index contributed by atoms with van der Waals surface area (Å²) < 4.78 is 21.1. The topological polar surface area (TPSA) is 76.5 Å². The van der Waals surface area contributed by atoms with Gasteiger partial charge in [0, 0.05) is 25.0 Å². The van der Waals surface area contributed by atoms with Crippen LogP contribution in [-0.4, -0.2) is 45.4 Å². The molecule has 2 aliphatic heterocycles. The van der Waals surface area contributed by atoms with Crippen LogP contribution in [0, 0.1) is 11.7 Å². The fourth-order valence-electron chi connectivity index (χ4n) is 4.49. The summed E-state index contributed by atoms with van der Waals surface area (Å²) >= 11 is 0. The lowest BCUT2D eigenvalue weighted by atomic mass is 9.95. The first-order valence-corrected chi connectivity index (χ1v) is 11.5. The number of hydrogen-bond acceptors (Lipinski definition) is 4. The number of nitrogens with zero attached hydrogens (tertiary/aromatic N) is 3. The highest BCUT2D eigenvalue weighted by atomic mass is 19.1. The molecule has 0 unspecified atom stereocenters. The van der Waals surface area contributed by atoms with Gasteiger partial charge >= 0.3 is 0 Å². The van der Waals surface area contributed by atoms with E-state index in [0.717, 1.165) is 24.1 Å². The van der Waals surface area contributed by atoms with Crippen molar-refractivity contribution in [1.82, 2.24) is 19.8 Å². The highest BCUT2D eigenvalue weighted by molar-refractivity contribution is 5.93. The summed E-state index contributed by atoms with van der Waals surface area (Å²) in [7, 11) is 0. The molecule has 1 fully saturated rings. The van der Waals surface area contributed by atoms with Crippen LogP contribution in [0.2, 0.25) is 0 Å². The van der Waals surface area contributed by atoms with Gasteiger partial charge in [-0.25, -0.2) is 9.37 Å². The lowest BCUT2D eigenvalue weighted by Crippen LogP contribution is -2.45. The molecular weight excluding hydrogens is 411 g/mol. The lowest BCUT2D eigenvalue weighted by Gasteiger charge is -2.32. The molecule has 2 amide bonds. The van der Waals surface area contributed by atoms with Crippen molar-refractivity contribution in [2.75, 3.05) is 13.1 Å². The van der Waals surface area contributed by atoms with Crippen LogP contribution in [0.4, 0.5) is 4.39 Å². The third-order valence-corrected chi connectivity index (χ3v) is 6.66. The Morgan fingerprint density at radius 1 is 1.19 bits per heavy atom. The molecule has 1 aromatic heterocycles. The largest absolute Gasteiger partial charge is 0.365 e. The minimum absolute atomic E-state index is 0.0460. The smallest absolute Gasteiger partial charge is 0.274 e. The average Bonchev–Trinajstić information content (AvgIpc) is 3.25. The zero-order valence-corrected chi connectivity index (χ0v) is 18.7. The maximum atomic E-state index is 13.2. The van der Waals surface area contributed by atoms with E-state index in [1.165, 1.54) is 12.1 Å². The normalized spacial score (nSPS) is 19.1. The monoisotopic (exact) mass is 442 g/mol. The van der Waals surface area contributed by atoms with Gasteiger partial charge in [0.2, 0.25) is 5.91 Å². The maximum Gasteiger partial charge on any atom is 0.274 e. The molecule has 4 rings (SSSR count). The standard InChI is InChI=1S/C24H31FN4O3/c1-3-19(4-2)27-23(30)17-9-11-28(12-10-17)24(31)22-20-14-32-21(13-29(20)15-26-22)16-5-7-18(25)8-6-16/h5-8,15,17,19,21H,3-4,9-14H2,1-2H3,(H,27,30)/t21-/m0/s1. The van der Waals surface area contributed by atoms with Gasteiger partial charge in [0.15, 0.2) is 5.69 Å². The first-order chi connectivity index (χ1) is 15.5. The predicted molar refractivity (Wildman–Crippen MR) is 117 cm³/mol. The van der Waals surface area contributed by atoms with E-state index >= 15 is 0 Å². The van der Waals surface area contributed by atoms with Crippen molar-refractivity contribution in [3.63, 3.8) is 0 Å². The third kappa shape index (κ3) is 4.70. The van der Waals surface area contributed by atoms with E-state index in [1.54, 1.807) is 23.4 Å². The number of piperidine rings is 1. The number of amides is 2. The fourth-order valence-corrected chi connectivity index (χ4v) is 4.49. The Morgan fingerprint density at radius 2 is 1.88 bits per heavy atom. The fraction of sp³-hybridized carbons (Fsp3) is 0.542. The second kappa shape index (κ2) is 9.81. The van der Waals surface area contributed by atoms with Crippen LogP contribution in [-0.2, 0) is 22.7 Å². The number of fused-ring (bicyclic) bond motifs is 1. The number of aromatic nitrogens is 2. The first kappa shape index (κ1) is 22.5. The number of carbonyl (C=O) groups excluding carboxylic acids is 2. The summed E-state index contributed by atoms with van der Waals surface area (Å²) in [5.74, 6) is -0.334. The van der Waals surface area contributed by atoms with Gasteiger partial charge in [0.05, 0.1) is 25.2 Å². The zero-order valence-electron chi connectivity index (χ0n) is 18.7. The van der Waals surface area contributed by atoms with Crippen molar-refractivity contribution in [2.45, 2.75) is 64.8 Å². The second-order valence-electron chi connectivity index (χ2n) is 8.63. The molecule has 0 aliphatic carbocycles. The minimum atomic E-state index is -0.280. The predicted octanol–water partition coefficient (Wildman–Crippen LogP) is 3.45. The van der Waals surface area contributed by atoms with Crippen LogP contribution in [0.3, 0.4) is 0 Å². The first-order valence-electron chi connectivity index (χ1n) is 11.5. The third-order valence-electron chi connectivity index (χ3n) is 6.66. The van der Waals surface area contributed by atoms with Gasteiger partial charge in [-0.15, -0.1) is 0 Å². The van der Waals surface area contributed by atoms with Crippen molar-refractivity contribution < 1.29 is 18.7 Å². The average molecular weight is 443 g/mol. The Hall–Kier alpha value is -2.74. The van der Waals surface area contributed by atoms with Crippen molar-refractivity contribution in [1.29, 1.82) is 0 Å². The summed E-state index contributed by atoms with van der Waals surface area (Å²) in [5, 5.41) is 3.12. The van der Waals surface area contributed by atoms with E-state index in [-0.39, 0.29) is 42.3 Å². The minimum Gasteiger partial charge on any atom is -0.365 e. The number of imidazole rings is 1. The Balaban J connectivity index is 1.36. The lowest BCUT2D eigenvalue weighted by molar-refractivity contribution is -0.127. The van der Waals surface area contributed by atoms with Crippen molar-refractivity contribution in [2.24, 2.45) is 5.92 Å². The molecule has 1 N–H and O–H groups in total. The maximum absolute atomic E-state index is 13.2. The number of rotatable bonds is 6. The van der Waals surface area contributed by atoms with Gasteiger partial charge in [0.1, 0.15) is 11.9 Å². The molecule has 2 aliphatic rings. The van der Waals surface area contributed by atoms with Gasteiger partial charge in [-0.3, -0.25) is 9.59 Å². The van der Waals surface area contributed by atoms with E-state index in [9.17, 15) is 14.0 Å². The van der Waals surface area contributed by atoms with Crippen LogP contribution >= 0.6 is 0 Å². The van der Waals surface area contributed by atoms with Crippen molar-refractivity contribution in [3.8, 4) is 0 Å². The molecule has 0 bridgehead atoms. The second-order valence-corrected chi connectivity index (χ2v) is 8.63. The number of nitrogens with one attached hydrogen (secondary N) is 1. The van der Waals surface area contributed by atoms with Gasteiger partial charge in [-0.1, -0.05) is 26.0 Å². The van der Waals surface area contributed by atoms with Crippen LogP contribution in [0.1, 0.15) is 67.4 Å². The van der Waals surface area contributed by atoms with Crippen LogP contribution in [0.5, 0.6) is 0 Å². The van der Waals surface area contributed by atoms with Gasteiger partial charge in [-0.2, -0.15) is 0 Å². The molecule has 32 heavy (non-hydrogen) atoms. The quantitative estimate of drug-likeness (QED) is 0.744. The molecule has 0 saturated carbocycles. The SMILES string of the molecule is CCC(CC)NC(=O)C1CCN(C(=O)c2ncn3c2CO[C@H](c2ccc(F)cc2)C3)CC1. The molecule has 1 saturated heterocycles. The van der Waals surface area contributed by atoms with Gasteiger partial charge < -0.3 is 19.5 Å². The van der Waals surface area contributed by atoms with Gasteiger partial charge in [0.25, 0.3) is 5.91 Å². The highest BCUT2D eigenvalue weighted by Gasteiger charge is 2.32. The van der Waals surface area contributed by atoms with Crippen LogP contribution in [0.25, 0.3) is 0 Å². The van der Waals surface area contributed by atoms with Gasteiger partial charge in [-0.05, 0) is 43.4 Å². The van der Waals surface area contributed by atoms with Crippen LogP contribution < -0.4 is 5.32 Å². The molecule has 0 radical (unpaired) electrons. The van der Waals surface area contributed by atoms with E-state index in [4.69, 9.17) is 4.74 Å². The number of benzene rings is 1. The molecule has 1 atom stereocenters. The number of hydrogen-bond donors (Lipinski definition) is 1. The molecule has 172 valence electrons. The molecule has 8 heteroatoms. The Morgan fingerprint density at radius 3 is 2.53 bits per heavy atom. The molecule has 7 nitrogen and oxygen atoms in total. The van der Waals surface area contributed by atoms with E-state index in [1.807, 2.05) is 4.57 Å². The molecule has 1 aromatic carbocycles. The van der Waals surface area contributed by atoms with E-state index < -0.39 is 0 Å². The molecular formula is C24H31FN4O3. The highest BCUT2D eigenvalue weighted by Crippen LogP contribution is 2.29. The molecule has 2 aromatic rings. The summed E-state index contributed by atoms with van der Waals surface area (Å²) in [6.45, 7) is 6.05. The summed E-state index contributed by atoms with van der Waals surface area (Å²) in [6, 6.07) is 6.50. The van der Waals surface area contributed by atoms with E-state index in [0.29, 0.717) is 38.2 Å².